The number of carbonyl (C=O) groups excluding carboxylic acids is 1. The van der Waals surface area contributed by atoms with Crippen molar-refractivity contribution in [2.75, 3.05) is 30.3 Å². The van der Waals surface area contributed by atoms with Crippen LogP contribution in [0.2, 0.25) is 0 Å². The molecule has 1 amide bonds. The third-order valence-corrected chi connectivity index (χ3v) is 2.84. The number of hydroxylamine groups is 1. The van der Waals surface area contributed by atoms with Crippen LogP contribution in [0.25, 0.3) is 0 Å². The molecule has 0 atom stereocenters. The van der Waals surface area contributed by atoms with Gasteiger partial charge in [0.2, 0.25) is 5.91 Å². The van der Waals surface area contributed by atoms with Crippen LogP contribution in [0.1, 0.15) is 24.2 Å². The maximum atomic E-state index is 11.2. The van der Waals surface area contributed by atoms with Gasteiger partial charge >= 0.3 is 0 Å². The van der Waals surface area contributed by atoms with E-state index >= 15 is 0 Å². The Balaban J connectivity index is 2.22. The van der Waals surface area contributed by atoms with Gasteiger partial charge in [-0.15, -0.1) is 0 Å². The summed E-state index contributed by atoms with van der Waals surface area (Å²) in [4.78, 5) is 18.9. The van der Waals surface area contributed by atoms with Gasteiger partial charge < -0.3 is 10.6 Å². The smallest absolute Gasteiger partial charge is 0.248 e. The van der Waals surface area contributed by atoms with Crippen LogP contribution in [0.3, 0.4) is 0 Å². The molecule has 0 fully saturated rings. The summed E-state index contributed by atoms with van der Waals surface area (Å²) in [6.07, 6.45) is 0. The lowest BCUT2D eigenvalue weighted by Crippen LogP contribution is -2.29. The average Bonchev–Trinajstić information content (AvgIpc) is 2.63. The molecule has 5 nitrogen and oxygen atoms in total. The van der Waals surface area contributed by atoms with Gasteiger partial charge in [-0.2, -0.15) is 0 Å². The normalized spacial score (nSPS) is 14.2. The van der Waals surface area contributed by atoms with Crippen LogP contribution in [0.4, 0.5) is 11.4 Å². The Labute approximate surface area is 107 Å². The minimum absolute atomic E-state index is 0.409. The minimum atomic E-state index is -0.409. The fourth-order valence-corrected chi connectivity index (χ4v) is 1.89. The lowest BCUT2D eigenvalue weighted by Gasteiger charge is -2.19. The standard InChI is InChI=1S/C13H19N3O2/c1-9(2)7-18-16-8-15(3)12-6-10(13(14)17)4-5-11(12)16/h4-6,9H,7-8H2,1-3H3,(H2,14,17). The third-order valence-electron chi connectivity index (χ3n) is 2.84. The van der Waals surface area contributed by atoms with E-state index in [0.717, 1.165) is 11.4 Å². The molecule has 1 aromatic rings. The van der Waals surface area contributed by atoms with E-state index < -0.39 is 5.91 Å². The monoisotopic (exact) mass is 249 g/mol. The first kappa shape index (κ1) is 12.7. The molecule has 0 aliphatic carbocycles. The number of anilines is 2. The Morgan fingerprint density at radius 3 is 2.78 bits per heavy atom. The highest BCUT2D eigenvalue weighted by Crippen LogP contribution is 2.35. The number of hydrogen-bond donors (Lipinski definition) is 1. The zero-order chi connectivity index (χ0) is 13.3. The largest absolute Gasteiger partial charge is 0.366 e. The molecular weight excluding hydrogens is 230 g/mol. The molecule has 1 aliphatic rings. The summed E-state index contributed by atoms with van der Waals surface area (Å²) >= 11 is 0. The highest BCUT2D eigenvalue weighted by molar-refractivity contribution is 5.95. The molecule has 2 N–H and O–H groups in total. The molecule has 0 saturated heterocycles. The van der Waals surface area contributed by atoms with Gasteiger partial charge in [0, 0.05) is 12.6 Å². The van der Waals surface area contributed by atoms with E-state index in [9.17, 15) is 4.79 Å². The van der Waals surface area contributed by atoms with Gasteiger partial charge in [0.15, 0.2) is 0 Å². The quantitative estimate of drug-likeness (QED) is 0.880. The molecule has 0 spiro atoms. The molecule has 0 bridgehead atoms. The van der Waals surface area contributed by atoms with Crippen LogP contribution in [-0.4, -0.2) is 26.2 Å². The lowest BCUT2D eigenvalue weighted by atomic mass is 10.1. The van der Waals surface area contributed by atoms with Crippen LogP contribution in [-0.2, 0) is 4.84 Å². The van der Waals surface area contributed by atoms with Crippen molar-refractivity contribution in [3.8, 4) is 0 Å². The summed E-state index contributed by atoms with van der Waals surface area (Å²) in [5, 5.41) is 1.85. The van der Waals surface area contributed by atoms with Gasteiger partial charge in [-0.05, 0) is 24.1 Å². The second-order valence-corrected chi connectivity index (χ2v) is 4.98. The Morgan fingerprint density at radius 1 is 1.44 bits per heavy atom. The van der Waals surface area contributed by atoms with Crippen molar-refractivity contribution in [1.29, 1.82) is 0 Å². The van der Waals surface area contributed by atoms with E-state index in [0.29, 0.717) is 24.8 Å². The zero-order valence-corrected chi connectivity index (χ0v) is 11.0. The molecule has 1 aliphatic heterocycles. The molecule has 98 valence electrons. The van der Waals surface area contributed by atoms with Gasteiger partial charge in [0.05, 0.1) is 18.0 Å². The summed E-state index contributed by atoms with van der Waals surface area (Å²) in [6, 6.07) is 5.40. The van der Waals surface area contributed by atoms with Crippen molar-refractivity contribution in [2.24, 2.45) is 11.7 Å². The fraction of sp³-hybridized carbons (Fsp3) is 0.462. The number of hydrogen-bond acceptors (Lipinski definition) is 4. The van der Waals surface area contributed by atoms with E-state index in [4.69, 9.17) is 10.6 Å². The molecule has 1 heterocycles. The van der Waals surface area contributed by atoms with Crippen LogP contribution in [0, 0.1) is 5.92 Å². The first-order valence-electron chi connectivity index (χ1n) is 6.04. The average molecular weight is 249 g/mol. The van der Waals surface area contributed by atoms with Crippen molar-refractivity contribution in [1.82, 2.24) is 0 Å². The molecule has 1 aromatic carbocycles. The number of benzene rings is 1. The SMILES string of the molecule is CC(C)CON1CN(C)c2cc(C(N)=O)ccc21. The Kier molecular flexibility index (Phi) is 3.43. The molecule has 0 saturated carbocycles. The predicted octanol–water partition coefficient (Wildman–Crippen LogP) is 1.59. The molecule has 18 heavy (non-hydrogen) atoms. The van der Waals surface area contributed by atoms with Crippen LogP contribution >= 0.6 is 0 Å². The van der Waals surface area contributed by atoms with Crippen LogP contribution < -0.4 is 15.7 Å². The van der Waals surface area contributed by atoms with Crippen molar-refractivity contribution in [2.45, 2.75) is 13.8 Å². The summed E-state index contributed by atoms with van der Waals surface area (Å²) in [5.41, 5.74) is 7.75. The van der Waals surface area contributed by atoms with Gasteiger partial charge in [0.1, 0.15) is 6.67 Å². The molecule has 5 heteroatoms. The summed E-state index contributed by atoms with van der Waals surface area (Å²) in [7, 11) is 1.96. The third kappa shape index (κ3) is 2.41. The molecule has 0 unspecified atom stereocenters. The number of amides is 1. The highest BCUT2D eigenvalue weighted by atomic mass is 16.7. The van der Waals surface area contributed by atoms with Crippen LogP contribution in [0.15, 0.2) is 18.2 Å². The van der Waals surface area contributed by atoms with Crippen molar-refractivity contribution >= 4 is 17.3 Å². The maximum Gasteiger partial charge on any atom is 0.248 e. The van der Waals surface area contributed by atoms with E-state index in [2.05, 4.69) is 13.8 Å². The van der Waals surface area contributed by atoms with Crippen molar-refractivity contribution < 1.29 is 9.63 Å². The first-order chi connectivity index (χ1) is 8.49. The maximum absolute atomic E-state index is 11.2. The van der Waals surface area contributed by atoms with Gasteiger partial charge in [-0.3, -0.25) is 9.63 Å². The number of nitrogens with two attached hydrogens (primary N) is 1. The number of carbonyl (C=O) groups is 1. The zero-order valence-electron chi connectivity index (χ0n) is 11.0. The number of fused-ring (bicyclic) bond motifs is 1. The van der Waals surface area contributed by atoms with Gasteiger partial charge in [-0.25, -0.2) is 5.06 Å². The van der Waals surface area contributed by atoms with Crippen LogP contribution in [0.5, 0.6) is 0 Å². The minimum Gasteiger partial charge on any atom is -0.366 e. The molecule has 0 aromatic heterocycles. The Bertz CT molecular complexity index is 460. The van der Waals surface area contributed by atoms with Crippen molar-refractivity contribution in [3.05, 3.63) is 23.8 Å². The number of nitrogens with zero attached hydrogens (tertiary/aromatic N) is 2. The van der Waals surface area contributed by atoms with E-state index in [1.165, 1.54) is 0 Å². The Morgan fingerprint density at radius 2 is 2.17 bits per heavy atom. The van der Waals surface area contributed by atoms with Crippen molar-refractivity contribution in [3.63, 3.8) is 0 Å². The Hall–Kier alpha value is -1.75. The summed E-state index contributed by atoms with van der Waals surface area (Å²) in [6.45, 7) is 5.54. The lowest BCUT2D eigenvalue weighted by molar-refractivity contribution is 0.0905. The van der Waals surface area contributed by atoms with E-state index in [1.807, 2.05) is 23.1 Å². The van der Waals surface area contributed by atoms with E-state index in [-0.39, 0.29) is 0 Å². The first-order valence-corrected chi connectivity index (χ1v) is 6.04. The predicted molar refractivity (Wildman–Crippen MR) is 71.5 cm³/mol. The second-order valence-electron chi connectivity index (χ2n) is 4.98. The highest BCUT2D eigenvalue weighted by Gasteiger charge is 2.25. The van der Waals surface area contributed by atoms with Gasteiger partial charge in [0.25, 0.3) is 0 Å². The van der Waals surface area contributed by atoms with Gasteiger partial charge in [-0.1, -0.05) is 13.8 Å². The van der Waals surface area contributed by atoms with E-state index in [1.54, 1.807) is 12.1 Å². The molecular formula is C13H19N3O2. The second kappa shape index (κ2) is 4.86. The fourth-order valence-electron chi connectivity index (χ4n) is 1.89. The number of primary amides is 1. The number of rotatable bonds is 4. The summed E-state index contributed by atoms with van der Waals surface area (Å²) < 4.78 is 0. The topological polar surface area (TPSA) is 58.8 Å². The molecule has 2 rings (SSSR count). The molecule has 0 radical (unpaired) electrons. The summed E-state index contributed by atoms with van der Waals surface area (Å²) in [5.74, 6) is 0.0667.